The second-order valence-electron chi connectivity index (χ2n) is 4.23. The number of benzene rings is 2. The van der Waals surface area contributed by atoms with Crippen LogP contribution in [0.4, 0.5) is 0 Å². The molecule has 0 unspecified atom stereocenters. The summed E-state index contributed by atoms with van der Waals surface area (Å²) in [5.74, 6) is 0.578. The fourth-order valence-electron chi connectivity index (χ4n) is 1.81. The van der Waals surface area contributed by atoms with Crippen molar-refractivity contribution in [3.05, 3.63) is 63.6 Å². The van der Waals surface area contributed by atoms with E-state index in [9.17, 15) is 0 Å². The summed E-state index contributed by atoms with van der Waals surface area (Å²) in [6.45, 7) is 1.01. The number of hydrogen-bond donors (Lipinski definition) is 0. The molecule has 2 aromatic carbocycles. The van der Waals surface area contributed by atoms with Crippen LogP contribution >= 0.6 is 15.9 Å². The van der Waals surface area contributed by atoms with E-state index in [2.05, 4.69) is 22.0 Å². The van der Waals surface area contributed by atoms with Crippen LogP contribution in [0.5, 0.6) is 5.75 Å². The summed E-state index contributed by atoms with van der Waals surface area (Å²) in [6, 6.07) is 15.5. The lowest BCUT2D eigenvalue weighted by Gasteiger charge is -2.08. The van der Waals surface area contributed by atoms with E-state index in [-0.39, 0.29) is 0 Å². The van der Waals surface area contributed by atoms with E-state index in [1.807, 2.05) is 36.4 Å². The fourth-order valence-corrected chi connectivity index (χ4v) is 2.21. The Balaban J connectivity index is 1.98. The van der Waals surface area contributed by atoms with Gasteiger partial charge in [0, 0.05) is 4.47 Å². The monoisotopic (exact) mass is 331 g/mol. The smallest absolute Gasteiger partial charge is 0.136 e. The molecular weight excluding hydrogens is 318 g/mol. The maximum atomic E-state index is 8.93. The van der Waals surface area contributed by atoms with Crippen LogP contribution in [0.1, 0.15) is 16.7 Å². The van der Waals surface area contributed by atoms with Crippen LogP contribution in [0.25, 0.3) is 0 Å². The summed E-state index contributed by atoms with van der Waals surface area (Å²) < 4.78 is 11.9. The molecule has 0 saturated carbocycles. The van der Waals surface area contributed by atoms with Gasteiger partial charge in [0.1, 0.15) is 11.8 Å². The summed E-state index contributed by atoms with van der Waals surface area (Å²) in [6.07, 6.45) is 0. The Labute approximate surface area is 126 Å². The van der Waals surface area contributed by atoms with Gasteiger partial charge in [-0.1, -0.05) is 40.2 Å². The molecule has 0 N–H and O–H groups in total. The predicted octanol–water partition coefficient (Wildman–Crippen LogP) is 4.05. The predicted molar refractivity (Wildman–Crippen MR) is 80.3 cm³/mol. The SMILES string of the molecule is COc1cc(COCc2ccccc2Br)ccc1C#N. The van der Waals surface area contributed by atoms with Crippen molar-refractivity contribution in [1.29, 1.82) is 5.26 Å². The highest BCUT2D eigenvalue weighted by Crippen LogP contribution is 2.21. The number of hydrogen-bond acceptors (Lipinski definition) is 3. The number of nitrogens with zero attached hydrogens (tertiary/aromatic N) is 1. The van der Waals surface area contributed by atoms with Crippen LogP contribution in [0, 0.1) is 11.3 Å². The second kappa shape index (κ2) is 7.09. The molecule has 0 heterocycles. The molecule has 2 rings (SSSR count). The minimum absolute atomic E-state index is 0.476. The van der Waals surface area contributed by atoms with Crippen molar-refractivity contribution in [2.24, 2.45) is 0 Å². The molecule has 0 atom stereocenters. The topological polar surface area (TPSA) is 42.2 Å². The minimum Gasteiger partial charge on any atom is -0.495 e. The summed E-state index contributed by atoms with van der Waals surface area (Å²) in [5, 5.41) is 8.93. The van der Waals surface area contributed by atoms with E-state index < -0.39 is 0 Å². The van der Waals surface area contributed by atoms with Crippen molar-refractivity contribution < 1.29 is 9.47 Å². The number of halogens is 1. The Hall–Kier alpha value is -1.83. The van der Waals surface area contributed by atoms with Gasteiger partial charge >= 0.3 is 0 Å². The molecular formula is C16H14BrNO2. The molecule has 0 radical (unpaired) electrons. The lowest BCUT2D eigenvalue weighted by Crippen LogP contribution is -1.96. The van der Waals surface area contributed by atoms with Crippen molar-refractivity contribution in [2.45, 2.75) is 13.2 Å². The fraction of sp³-hybridized carbons (Fsp3) is 0.188. The van der Waals surface area contributed by atoms with Gasteiger partial charge in [-0.3, -0.25) is 0 Å². The van der Waals surface area contributed by atoms with E-state index in [0.29, 0.717) is 24.5 Å². The molecule has 102 valence electrons. The van der Waals surface area contributed by atoms with E-state index in [1.165, 1.54) is 0 Å². The number of ether oxygens (including phenoxy) is 2. The molecule has 0 fully saturated rings. The molecule has 0 bridgehead atoms. The number of rotatable bonds is 5. The highest BCUT2D eigenvalue weighted by atomic mass is 79.9. The molecule has 0 spiro atoms. The van der Waals surface area contributed by atoms with E-state index >= 15 is 0 Å². The summed E-state index contributed by atoms with van der Waals surface area (Å²) >= 11 is 3.49. The Kier molecular flexibility index (Phi) is 5.16. The maximum Gasteiger partial charge on any atom is 0.136 e. The van der Waals surface area contributed by atoms with Crippen molar-refractivity contribution in [3.63, 3.8) is 0 Å². The van der Waals surface area contributed by atoms with E-state index in [4.69, 9.17) is 14.7 Å². The van der Waals surface area contributed by atoms with Gasteiger partial charge in [-0.05, 0) is 29.3 Å². The molecule has 2 aromatic rings. The first-order chi connectivity index (χ1) is 9.74. The number of nitriles is 1. The highest BCUT2D eigenvalue weighted by Gasteiger charge is 2.04. The zero-order valence-electron chi connectivity index (χ0n) is 11.1. The molecule has 0 aromatic heterocycles. The lowest BCUT2D eigenvalue weighted by molar-refractivity contribution is 0.106. The average molecular weight is 332 g/mol. The van der Waals surface area contributed by atoms with Crippen molar-refractivity contribution in [1.82, 2.24) is 0 Å². The normalized spacial score (nSPS) is 10.1. The Morgan fingerprint density at radius 2 is 1.95 bits per heavy atom. The van der Waals surface area contributed by atoms with Crippen molar-refractivity contribution >= 4 is 15.9 Å². The van der Waals surface area contributed by atoms with Crippen LogP contribution in [0.3, 0.4) is 0 Å². The van der Waals surface area contributed by atoms with Gasteiger partial charge in [0.05, 0.1) is 25.9 Å². The molecule has 4 heteroatoms. The molecule has 0 aliphatic heterocycles. The molecule has 20 heavy (non-hydrogen) atoms. The lowest BCUT2D eigenvalue weighted by atomic mass is 10.1. The van der Waals surface area contributed by atoms with Crippen LogP contribution < -0.4 is 4.74 Å². The summed E-state index contributed by atoms with van der Waals surface area (Å²) in [4.78, 5) is 0. The van der Waals surface area contributed by atoms with Gasteiger partial charge < -0.3 is 9.47 Å². The standard InChI is InChI=1S/C16H14BrNO2/c1-19-16-8-12(6-7-13(16)9-18)10-20-11-14-4-2-3-5-15(14)17/h2-8H,10-11H2,1H3. The van der Waals surface area contributed by atoms with Crippen molar-refractivity contribution in [2.75, 3.05) is 7.11 Å². The maximum absolute atomic E-state index is 8.93. The Morgan fingerprint density at radius 3 is 2.65 bits per heavy atom. The van der Waals surface area contributed by atoms with Gasteiger partial charge in [-0.15, -0.1) is 0 Å². The second-order valence-corrected chi connectivity index (χ2v) is 5.08. The minimum atomic E-state index is 0.476. The first kappa shape index (κ1) is 14.6. The van der Waals surface area contributed by atoms with Gasteiger partial charge in [0.25, 0.3) is 0 Å². The zero-order chi connectivity index (χ0) is 14.4. The quantitative estimate of drug-likeness (QED) is 0.830. The summed E-state index contributed by atoms with van der Waals surface area (Å²) in [5.41, 5.74) is 2.61. The third-order valence-corrected chi connectivity index (χ3v) is 3.64. The van der Waals surface area contributed by atoms with Gasteiger partial charge in [-0.25, -0.2) is 0 Å². The molecule has 0 aliphatic carbocycles. The zero-order valence-corrected chi connectivity index (χ0v) is 12.7. The molecule has 0 amide bonds. The largest absolute Gasteiger partial charge is 0.495 e. The highest BCUT2D eigenvalue weighted by molar-refractivity contribution is 9.10. The van der Waals surface area contributed by atoms with E-state index in [1.54, 1.807) is 13.2 Å². The first-order valence-electron chi connectivity index (χ1n) is 6.12. The molecule has 0 aliphatic rings. The van der Waals surface area contributed by atoms with Gasteiger partial charge in [0.2, 0.25) is 0 Å². The van der Waals surface area contributed by atoms with Gasteiger partial charge in [0.15, 0.2) is 0 Å². The molecule has 0 saturated heterocycles. The van der Waals surface area contributed by atoms with Crippen LogP contribution in [-0.4, -0.2) is 7.11 Å². The van der Waals surface area contributed by atoms with Crippen molar-refractivity contribution in [3.8, 4) is 11.8 Å². The van der Waals surface area contributed by atoms with Crippen LogP contribution in [-0.2, 0) is 18.0 Å². The Morgan fingerprint density at radius 1 is 1.15 bits per heavy atom. The van der Waals surface area contributed by atoms with Crippen LogP contribution in [0.2, 0.25) is 0 Å². The first-order valence-corrected chi connectivity index (χ1v) is 6.92. The van der Waals surface area contributed by atoms with E-state index in [0.717, 1.165) is 15.6 Å². The molecule has 3 nitrogen and oxygen atoms in total. The number of methoxy groups -OCH3 is 1. The van der Waals surface area contributed by atoms with Crippen LogP contribution in [0.15, 0.2) is 46.9 Å². The third kappa shape index (κ3) is 3.60. The Bertz CT molecular complexity index is 635. The average Bonchev–Trinajstić information content (AvgIpc) is 2.49. The van der Waals surface area contributed by atoms with Gasteiger partial charge in [-0.2, -0.15) is 5.26 Å². The summed E-state index contributed by atoms with van der Waals surface area (Å²) in [7, 11) is 1.56. The third-order valence-electron chi connectivity index (χ3n) is 2.87.